The number of nitrogens with zero attached hydrogens (tertiary/aromatic N) is 2. The lowest BCUT2D eigenvalue weighted by Crippen LogP contribution is -1.94. The lowest BCUT2D eigenvalue weighted by Gasteiger charge is -2.00. The fourth-order valence-corrected chi connectivity index (χ4v) is 1.62. The standard InChI is InChI=1S/C13H17N3O2/c1-9-5-6-10(8-11(9)14)13-15-12(16-18-13)4-3-7-17-2/h5-6,8H,3-4,7,14H2,1-2H3. The molecule has 5 heteroatoms. The van der Waals surface area contributed by atoms with Crippen molar-refractivity contribution in [2.45, 2.75) is 19.8 Å². The molecular weight excluding hydrogens is 230 g/mol. The van der Waals surface area contributed by atoms with Gasteiger partial charge in [-0.25, -0.2) is 0 Å². The molecule has 0 aliphatic rings. The Morgan fingerprint density at radius 3 is 2.94 bits per heavy atom. The summed E-state index contributed by atoms with van der Waals surface area (Å²) in [5, 5.41) is 3.93. The van der Waals surface area contributed by atoms with E-state index >= 15 is 0 Å². The van der Waals surface area contributed by atoms with E-state index < -0.39 is 0 Å². The van der Waals surface area contributed by atoms with Gasteiger partial charge in [0.2, 0.25) is 0 Å². The van der Waals surface area contributed by atoms with Crippen molar-refractivity contribution in [3.05, 3.63) is 29.6 Å². The summed E-state index contributed by atoms with van der Waals surface area (Å²) in [5.74, 6) is 1.20. The van der Waals surface area contributed by atoms with Gasteiger partial charge in [0.15, 0.2) is 5.82 Å². The number of aryl methyl sites for hydroxylation is 2. The van der Waals surface area contributed by atoms with E-state index in [0.717, 1.165) is 29.7 Å². The number of methoxy groups -OCH3 is 1. The van der Waals surface area contributed by atoms with Crippen LogP contribution >= 0.6 is 0 Å². The van der Waals surface area contributed by atoms with Crippen LogP contribution in [-0.2, 0) is 11.2 Å². The second-order valence-electron chi connectivity index (χ2n) is 4.18. The number of hydrogen-bond acceptors (Lipinski definition) is 5. The highest BCUT2D eigenvalue weighted by atomic mass is 16.5. The summed E-state index contributed by atoms with van der Waals surface area (Å²) in [6, 6.07) is 5.72. The first-order valence-electron chi connectivity index (χ1n) is 5.88. The van der Waals surface area contributed by atoms with E-state index in [1.165, 1.54) is 0 Å². The summed E-state index contributed by atoms with van der Waals surface area (Å²) in [7, 11) is 1.68. The van der Waals surface area contributed by atoms with E-state index in [4.69, 9.17) is 15.0 Å². The van der Waals surface area contributed by atoms with Crippen LogP contribution in [0.3, 0.4) is 0 Å². The SMILES string of the molecule is COCCCc1noc(-c2ccc(C)c(N)c2)n1. The first-order valence-corrected chi connectivity index (χ1v) is 5.88. The Kier molecular flexibility index (Phi) is 3.94. The third-order valence-corrected chi connectivity index (χ3v) is 2.74. The molecule has 0 saturated carbocycles. The van der Waals surface area contributed by atoms with Crippen LogP contribution in [0, 0.1) is 6.92 Å². The molecule has 1 heterocycles. The molecule has 0 saturated heterocycles. The Balaban J connectivity index is 2.11. The topological polar surface area (TPSA) is 74.2 Å². The third kappa shape index (κ3) is 2.87. The molecule has 0 amide bonds. The zero-order valence-electron chi connectivity index (χ0n) is 10.6. The maximum Gasteiger partial charge on any atom is 0.257 e. The van der Waals surface area contributed by atoms with Gasteiger partial charge in [-0.05, 0) is 31.0 Å². The molecule has 2 aromatic rings. The van der Waals surface area contributed by atoms with Crippen LogP contribution in [0.25, 0.3) is 11.5 Å². The monoisotopic (exact) mass is 247 g/mol. The van der Waals surface area contributed by atoms with Crippen molar-refractivity contribution >= 4 is 5.69 Å². The number of hydrogen-bond donors (Lipinski definition) is 1. The van der Waals surface area contributed by atoms with Gasteiger partial charge in [0.25, 0.3) is 5.89 Å². The molecule has 0 spiro atoms. The van der Waals surface area contributed by atoms with Gasteiger partial charge in [0.1, 0.15) is 0 Å². The second-order valence-corrected chi connectivity index (χ2v) is 4.18. The minimum absolute atomic E-state index is 0.508. The third-order valence-electron chi connectivity index (χ3n) is 2.74. The predicted molar refractivity (Wildman–Crippen MR) is 69.1 cm³/mol. The summed E-state index contributed by atoms with van der Waals surface area (Å²) in [6.07, 6.45) is 1.63. The van der Waals surface area contributed by atoms with Crippen molar-refractivity contribution in [3.8, 4) is 11.5 Å². The molecule has 0 bridgehead atoms. The van der Waals surface area contributed by atoms with E-state index in [1.54, 1.807) is 7.11 Å². The van der Waals surface area contributed by atoms with Gasteiger partial charge in [0.05, 0.1) is 0 Å². The van der Waals surface area contributed by atoms with E-state index in [-0.39, 0.29) is 0 Å². The Bertz CT molecular complexity index is 523. The molecule has 0 aliphatic heterocycles. The Labute approximate surface area is 106 Å². The van der Waals surface area contributed by atoms with Crippen LogP contribution in [0.2, 0.25) is 0 Å². The molecule has 5 nitrogen and oxygen atoms in total. The fourth-order valence-electron chi connectivity index (χ4n) is 1.62. The summed E-state index contributed by atoms with van der Waals surface area (Å²) in [4.78, 5) is 4.33. The predicted octanol–water partition coefficient (Wildman–Crippen LogP) is 2.21. The van der Waals surface area contributed by atoms with Gasteiger partial charge < -0.3 is 15.0 Å². The average Bonchev–Trinajstić information content (AvgIpc) is 2.82. The first kappa shape index (κ1) is 12.6. The number of nitrogens with two attached hydrogens (primary N) is 1. The molecule has 1 aromatic carbocycles. The number of rotatable bonds is 5. The normalized spacial score (nSPS) is 10.8. The molecule has 0 aliphatic carbocycles. The number of aromatic nitrogens is 2. The number of benzene rings is 1. The van der Waals surface area contributed by atoms with Crippen molar-refractivity contribution in [2.24, 2.45) is 0 Å². The zero-order valence-corrected chi connectivity index (χ0v) is 10.6. The van der Waals surface area contributed by atoms with Crippen molar-refractivity contribution in [1.29, 1.82) is 0 Å². The summed E-state index contributed by atoms with van der Waals surface area (Å²) >= 11 is 0. The van der Waals surface area contributed by atoms with E-state index in [2.05, 4.69) is 10.1 Å². The smallest absolute Gasteiger partial charge is 0.257 e. The maximum atomic E-state index is 5.86. The molecular formula is C13H17N3O2. The molecule has 96 valence electrons. The highest BCUT2D eigenvalue weighted by Crippen LogP contribution is 2.22. The minimum atomic E-state index is 0.508. The van der Waals surface area contributed by atoms with Gasteiger partial charge >= 0.3 is 0 Å². The van der Waals surface area contributed by atoms with Crippen LogP contribution in [-0.4, -0.2) is 23.9 Å². The van der Waals surface area contributed by atoms with Crippen LogP contribution in [0.5, 0.6) is 0 Å². The molecule has 0 atom stereocenters. The summed E-state index contributed by atoms with van der Waals surface area (Å²) in [5.41, 5.74) is 8.48. The molecule has 18 heavy (non-hydrogen) atoms. The lowest BCUT2D eigenvalue weighted by molar-refractivity contribution is 0.194. The maximum absolute atomic E-state index is 5.86. The van der Waals surface area contributed by atoms with Crippen molar-refractivity contribution in [3.63, 3.8) is 0 Å². The Morgan fingerprint density at radius 1 is 1.39 bits per heavy atom. The summed E-state index contributed by atoms with van der Waals surface area (Å²) in [6.45, 7) is 2.66. The van der Waals surface area contributed by atoms with Crippen LogP contribution in [0.1, 0.15) is 17.8 Å². The second kappa shape index (κ2) is 5.64. The molecule has 1 aromatic heterocycles. The van der Waals surface area contributed by atoms with Gasteiger partial charge in [-0.15, -0.1) is 0 Å². The molecule has 0 fully saturated rings. The van der Waals surface area contributed by atoms with Crippen LogP contribution < -0.4 is 5.73 Å². The molecule has 2 rings (SSSR count). The van der Waals surface area contributed by atoms with Crippen LogP contribution in [0.15, 0.2) is 22.7 Å². The quantitative estimate of drug-likeness (QED) is 0.647. The number of ether oxygens (including phenoxy) is 1. The van der Waals surface area contributed by atoms with E-state index in [0.29, 0.717) is 18.3 Å². The highest BCUT2D eigenvalue weighted by molar-refractivity contribution is 5.62. The minimum Gasteiger partial charge on any atom is -0.398 e. The molecule has 2 N–H and O–H groups in total. The summed E-state index contributed by atoms with van der Waals surface area (Å²) < 4.78 is 10.2. The van der Waals surface area contributed by atoms with Crippen molar-refractivity contribution in [1.82, 2.24) is 10.1 Å². The number of anilines is 1. The van der Waals surface area contributed by atoms with Gasteiger partial charge in [-0.3, -0.25) is 0 Å². The van der Waals surface area contributed by atoms with E-state index in [1.807, 2.05) is 25.1 Å². The van der Waals surface area contributed by atoms with Crippen LogP contribution in [0.4, 0.5) is 5.69 Å². The lowest BCUT2D eigenvalue weighted by atomic mass is 10.1. The van der Waals surface area contributed by atoms with Gasteiger partial charge in [-0.2, -0.15) is 4.98 Å². The Hall–Kier alpha value is -1.88. The van der Waals surface area contributed by atoms with Crippen molar-refractivity contribution in [2.75, 3.05) is 19.5 Å². The Morgan fingerprint density at radius 2 is 2.22 bits per heavy atom. The largest absolute Gasteiger partial charge is 0.398 e. The highest BCUT2D eigenvalue weighted by Gasteiger charge is 2.09. The fraction of sp³-hybridized carbons (Fsp3) is 0.385. The van der Waals surface area contributed by atoms with Gasteiger partial charge in [0, 0.05) is 31.4 Å². The van der Waals surface area contributed by atoms with E-state index in [9.17, 15) is 0 Å². The van der Waals surface area contributed by atoms with Crippen molar-refractivity contribution < 1.29 is 9.26 Å². The molecule has 0 unspecified atom stereocenters. The van der Waals surface area contributed by atoms with Gasteiger partial charge in [-0.1, -0.05) is 11.2 Å². The molecule has 0 radical (unpaired) electrons. The zero-order chi connectivity index (χ0) is 13.0. The average molecular weight is 247 g/mol. The first-order chi connectivity index (χ1) is 8.70. The number of nitrogen functional groups attached to an aromatic ring is 1.